The summed E-state index contributed by atoms with van der Waals surface area (Å²) in [6.07, 6.45) is 0. The van der Waals surface area contributed by atoms with E-state index in [-0.39, 0.29) is 11.7 Å². The molecule has 154 valence electrons. The number of nitrogens with zero attached hydrogens (tertiary/aromatic N) is 6. The Hall–Kier alpha value is -2.74. The number of halogens is 1. The maximum Gasteiger partial charge on any atom is 0.272 e. The predicted molar refractivity (Wildman–Crippen MR) is 111 cm³/mol. The van der Waals surface area contributed by atoms with Crippen molar-refractivity contribution in [2.45, 2.75) is 6.92 Å². The van der Waals surface area contributed by atoms with Crippen molar-refractivity contribution >= 4 is 17.4 Å². The van der Waals surface area contributed by atoms with E-state index >= 15 is 0 Å². The number of para-hydroxylation sites is 1. The van der Waals surface area contributed by atoms with Gasteiger partial charge < -0.3 is 19.6 Å². The number of anilines is 2. The van der Waals surface area contributed by atoms with Crippen LogP contribution in [0.4, 0.5) is 15.9 Å². The zero-order valence-electron chi connectivity index (χ0n) is 17.0. The van der Waals surface area contributed by atoms with Gasteiger partial charge in [-0.05, 0) is 26.1 Å². The van der Waals surface area contributed by atoms with Crippen LogP contribution in [0, 0.1) is 12.7 Å². The Bertz CT molecular complexity index is 875. The molecule has 0 radical (unpaired) electrons. The molecule has 3 heterocycles. The van der Waals surface area contributed by atoms with Gasteiger partial charge in [-0.2, -0.15) is 0 Å². The molecule has 0 bridgehead atoms. The van der Waals surface area contributed by atoms with Gasteiger partial charge in [0.05, 0.1) is 5.69 Å². The maximum atomic E-state index is 14.0. The first-order chi connectivity index (χ1) is 14.0. The van der Waals surface area contributed by atoms with Crippen LogP contribution >= 0.6 is 0 Å². The molecule has 2 aliphatic heterocycles. The molecule has 0 aliphatic carbocycles. The van der Waals surface area contributed by atoms with Crippen LogP contribution in [0.1, 0.15) is 16.3 Å². The molecule has 8 heteroatoms. The summed E-state index contributed by atoms with van der Waals surface area (Å²) in [7, 11) is 2.11. The van der Waals surface area contributed by atoms with Gasteiger partial charge in [0.2, 0.25) is 0 Å². The van der Waals surface area contributed by atoms with Crippen LogP contribution in [-0.4, -0.2) is 85.1 Å². The van der Waals surface area contributed by atoms with Crippen molar-refractivity contribution in [1.82, 2.24) is 19.8 Å². The average Bonchev–Trinajstić information content (AvgIpc) is 2.74. The van der Waals surface area contributed by atoms with E-state index in [1.165, 1.54) is 6.07 Å². The second-order valence-corrected chi connectivity index (χ2v) is 7.68. The van der Waals surface area contributed by atoms with E-state index in [0.29, 0.717) is 43.4 Å². The minimum atomic E-state index is -0.226. The fourth-order valence-corrected chi connectivity index (χ4v) is 3.88. The smallest absolute Gasteiger partial charge is 0.272 e. The Labute approximate surface area is 170 Å². The molecule has 0 unspecified atom stereocenters. The second-order valence-electron chi connectivity index (χ2n) is 7.68. The lowest BCUT2D eigenvalue weighted by molar-refractivity contribution is 0.0740. The van der Waals surface area contributed by atoms with Gasteiger partial charge in [-0.1, -0.05) is 12.1 Å². The van der Waals surface area contributed by atoms with E-state index in [1.54, 1.807) is 17.0 Å². The topological polar surface area (TPSA) is 55.8 Å². The molecule has 1 amide bonds. The van der Waals surface area contributed by atoms with Crippen LogP contribution in [0.15, 0.2) is 30.3 Å². The third-order valence-corrected chi connectivity index (χ3v) is 5.63. The number of rotatable bonds is 3. The molecule has 0 saturated carbocycles. The minimum absolute atomic E-state index is 0.0842. The number of carbonyl (C=O) groups excluding carboxylic acids is 1. The number of benzene rings is 1. The Kier molecular flexibility index (Phi) is 5.62. The van der Waals surface area contributed by atoms with Gasteiger partial charge in [0.1, 0.15) is 23.2 Å². The lowest BCUT2D eigenvalue weighted by atomic mass is 10.2. The van der Waals surface area contributed by atoms with Gasteiger partial charge in [-0.25, -0.2) is 14.4 Å². The largest absolute Gasteiger partial charge is 0.366 e. The van der Waals surface area contributed by atoms with Crippen molar-refractivity contribution in [1.29, 1.82) is 0 Å². The third-order valence-electron chi connectivity index (χ3n) is 5.63. The number of piperazine rings is 2. The summed E-state index contributed by atoms with van der Waals surface area (Å²) in [6.45, 7) is 7.84. The molecule has 2 aromatic rings. The van der Waals surface area contributed by atoms with E-state index in [1.807, 2.05) is 24.0 Å². The molecule has 2 saturated heterocycles. The summed E-state index contributed by atoms with van der Waals surface area (Å²) in [5, 5.41) is 0. The van der Waals surface area contributed by atoms with Crippen LogP contribution in [0.25, 0.3) is 0 Å². The van der Waals surface area contributed by atoms with Gasteiger partial charge >= 0.3 is 0 Å². The number of hydrogen-bond acceptors (Lipinski definition) is 6. The monoisotopic (exact) mass is 398 g/mol. The summed E-state index contributed by atoms with van der Waals surface area (Å²) in [5.41, 5.74) is 1.03. The quantitative estimate of drug-likeness (QED) is 0.784. The Morgan fingerprint density at radius 3 is 2.28 bits per heavy atom. The van der Waals surface area contributed by atoms with Gasteiger partial charge in [-0.15, -0.1) is 0 Å². The van der Waals surface area contributed by atoms with Gasteiger partial charge in [0.15, 0.2) is 0 Å². The second kappa shape index (κ2) is 8.32. The summed E-state index contributed by atoms with van der Waals surface area (Å²) in [5.74, 6) is 1.11. The Morgan fingerprint density at radius 2 is 1.59 bits per heavy atom. The Balaban J connectivity index is 1.44. The summed E-state index contributed by atoms with van der Waals surface area (Å²) in [6, 6.07) is 8.58. The lowest BCUT2D eigenvalue weighted by Gasteiger charge is -2.36. The normalized spacial score (nSPS) is 18.2. The van der Waals surface area contributed by atoms with Crippen LogP contribution < -0.4 is 9.80 Å². The number of hydrogen-bond donors (Lipinski definition) is 0. The summed E-state index contributed by atoms with van der Waals surface area (Å²) >= 11 is 0. The van der Waals surface area contributed by atoms with Crippen LogP contribution in [0.3, 0.4) is 0 Å². The number of carbonyl (C=O) groups is 1. The molecule has 2 fully saturated rings. The number of amides is 1. The van der Waals surface area contributed by atoms with E-state index < -0.39 is 0 Å². The molecule has 1 aromatic heterocycles. The molecule has 29 heavy (non-hydrogen) atoms. The van der Waals surface area contributed by atoms with Crippen molar-refractivity contribution < 1.29 is 9.18 Å². The number of aromatic nitrogens is 2. The first-order valence-corrected chi connectivity index (χ1v) is 10.1. The molecule has 0 atom stereocenters. The molecular weight excluding hydrogens is 371 g/mol. The highest BCUT2D eigenvalue weighted by molar-refractivity contribution is 5.93. The first-order valence-electron chi connectivity index (χ1n) is 10.1. The fourth-order valence-electron chi connectivity index (χ4n) is 3.88. The standard InChI is InChI=1S/C21H27FN6O/c1-16-23-18(15-20(24-16)27-9-7-25(2)8-10-27)21(29)28-13-11-26(12-14-28)19-6-4-3-5-17(19)22/h3-6,15H,7-14H2,1-2H3. The molecule has 4 rings (SSSR count). The summed E-state index contributed by atoms with van der Waals surface area (Å²) < 4.78 is 14.0. The fraction of sp³-hybridized carbons (Fsp3) is 0.476. The van der Waals surface area contributed by atoms with E-state index in [9.17, 15) is 9.18 Å². The van der Waals surface area contributed by atoms with Crippen LogP contribution in [0.5, 0.6) is 0 Å². The molecule has 7 nitrogen and oxygen atoms in total. The Morgan fingerprint density at radius 1 is 0.931 bits per heavy atom. The van der Waals surface area contributed by atoms with Gasteiger partial charge in [-0.3, -0.25) is 4.79 Å². The van der Waals surface area contributed by atoms with Crippen molar-refractivity contribution in [3.05, 3.63) is 47.7 Å². The zero-order valence-corrected chi connectivity index (χ0v) is 17.0. The third kappa shape index (κ3) is 4.32. The van der Waals surface area contributed by atoms with Crippen molar-refractivity contribution in [2.24, 2.45) is 0 Å². The van der Waals surface area contributed by atoms with Gasteiger partial charge in [0.25, 0.3) is 5.91 Å². The number of aryl methyl sites for hydroxylation is 1. The van der Waals surface area contributed by atoms with E-state index in [4.69, 9.17) is 0 Å². The molecule has 0 N–H and O–H groups in total. The van der Waals surface area contributed by atoms with Crippen molar-refractivity contribution in [3.8, 4) is 0 Å². The molecule has 2 aliphatic rings. The lowest BCUT2D eigenvalue weighted by Crippen LogP contribution is -2.49. The van der Waals surface area contributed by atoms with Crippen molar-refractivity contribution in [2.75, 3.05) is 69.2 Å². The number of likely N-dealkylation sites (N-methyl/N-ethyl adjacent to an activating group) is 1. The van der Waals surface area contributed by atoms with Crippen LogP contribution in [-0.2, 0) is 0 Å². The first kappa shape index (κ1) is 19.6. The summed E-state index contributed by atoms with van der Waals surface area (Å²) in [4.78, 5) is 30.3. The molecular formula is C21H27FN6O. The van der Waals surface area contributed by atoms with Crippen molar-refractivity contribution in [3.63, 3.8) is 0 Å². The highest BCUT2D eigenvalue weighted by Gasteiger charge is 2.26. The predicted octanol–water partition coefficient (Wildman–Crippen LogP) is 1.64. The minimum Gasteiger partial charge on any atom is -0.366 e. The molecule has 1 aromatic carbocycles. The molecule has 0 spiro atoms. The van der Waals surface area contributed by atoms with E-state index in [0.717, 1.165) is 32.0 Å². The van der Waals surface area contributed by atoms with Gasteiger partial charge in [0, 0.05) is 58.4 Å². The highest BCUT2D eigenvalue weighted by atomic mass is 19.1. The highest BCUT2D eigenvalue weighted by Crippen LogP contribution is 2.21. The van der Waals surface area contributed by atoms with E-state index in [2.05, 4.69) is 26.8 Å². The maximum absolute atomic E-state index is 14.0. The SMILES string of the molecule is Cc1nc(C(=O)N2CCN(c3ccccc3F)CC2)cc(N2CCN(C)CC2)n1. The zero-order chi connectivity index (χ0) is 20.4. The van der Waals surface area contributed by atoms with Crippen LogP contribution in [0.2, 0.25) is 0 Å². The average molecular weight is 398 g/mol.